The summed E-state index contributed by atoms with van der Waals surface area (Å²) >= 11 is 0. The molecule has 0 bridgehead atoms. The van der Waals surface area contributed by atoms with Gasteiger partial charge in [0.25, 0.3) is 5.91 Å². The summed E-state index contributed by atoms with van der Waals surface area (Å²) in [6, 6.07) is 11.4. The van der Waals surface area contributed by atoms with Crippen LogP contribution in [0.1, 0.15) is 10.4 Å². The van der Waals surface area contributed by atoms with Crippen LogP contribution in [0.5, 0.6) is 5.75 Å². The second-order valence-corrected chi connectivity index (χ2v) is 5.45. The molecule has 0 unspecified atom stereocenters. The minimum Gasteiger partial charge on any atom is -0.496 e. The Morgan fingerprint density at radius 2 is 1.88 bits per heavy atom. The van der Waals surface area contributed by atoms with E-state index in [2.05, 4.69) is 10.2 Å². The SMILES string of the molecule is COc1ccc(F)cc1C(=O)Nc1ccc(N2CCOCC2)cc1. The van der Waals surface area contributed by atoms with Gasteiger partial charge >= 0.3 is 0 Å². The van der Waals surface area contributed by atoms with Gasteiger partial charge in [-0.1, -0.05) is 0 Å². The predicted molar refractivity (Wildman–Crippen MR) is 90.4 cm³/mol. The van der Waals surface area contributed by atoms with E-state index in [4.69, 9.17) is 9.47 Å². The van der Waals surface area contributed by atoms with Crippen LogP contribution in [0.4, 0.5) is 15.8 Å². The summed E-state index contributed by atoms with van der Waals surface area (Å²) in [6.45, 7) is 3.15. The third kappa shape index (κ3) is 3.65. The number of hydrogen-bond donors (Lipinski definition) is 1. The van der Waals surface area contributed by atoms with Gasteiger partial charge in [-0.3, -0.25) is 4.79 Å². The van der Waals surface area contributed by atoms with Gasteiger partial charge in [-0.25, -0.2) is 4.39 Å². The van der Waals surface area contributed by atoms with E-state index < -0.39 is 11.7 Å². The second kappa shape index (κ2) is 7.31. The molecule has 2 aromatic rings. The van der Waals surface area contributed by atoms with Crippen molar-refractivity contribution >= 4 is 17.3 Å². The van der Waals surface area contributed by atoms with Gasteiger partial charge in [0, 0.05) is 24.5 Å². The van der Waals surface area contributed by atoms with E-state index in [9.17, 15) is 9.18 Å². The van der Waals surface area contributed by atoms with Crippen LogP contribution >= 0.6 is 0 Å². The van der Waals surface area contributed by atoms with Crippen molar-refractivity contribution in [3.05, 3.63) is 53.8 Å². The number of halogens is 1. The van der Waals surface area contributed by atoms with Gasteiger partial charge in [-0.15, -0.1) is 0 Å². The quantitative estimate of drug-likeness (QED) is 0.936. The molecule has 1 fully saturated rings. The lowest BCUT2D eigenvalue weighted by molar-refractivity contribution is 0.102. The second-order valence-electron chi connectivity index (χ2n) is 5.45. The van der Waals surface area contributed by atoms with Crippen molar-refractivity contribution in [2.24, 2.45) is 0 Å². The van der Waals surface area contributed by atoms with E-state index in [1.807, 2.05) is 24.3 Å². The summed E-state index contributed by atoms with van der Waals surface area (Å²) in [5.74, 6) is -0.562. The molecule has 0 aliphatic carbocycles. The molecule has 1 heterocycles. The standard InChI is InChI=1S/C18H19FN2O3/c1-23-17-7-2-13(19)12-16(17)18(22)20-14-3-5-15(6-4-14)21-8-10-24-11-9-21/h2-7,12H,8-11H2,1H3,(H,20,22). The molecule has 0 aromatic heterocycles. The first-order valence-corrected chi connectivity index (χ1v) is 7.75. The third-order valence-electron chi connectivity index (χ3n) is 3.91. The van der Waals surface area contributed by atoms with Crippen molar-refractivity contribution in [3.8, 4) is 5.75 Å². The Labute approximate surface area is 140 Å². The Bertz CT molecular complexity index is 713. The lowest BCUT2D eigenvalue weighted by Gasteiger charge is -2.28. The lowest BCUT2D eigenvalue weighted by Crippen LogP contribution is -2.36. The fraction of sp³-hybridized carbons (Fsp3) is 0.278. The zero-order valence-corrected chi connectivity index (χ0v) is 13.4. The summed E-state index contributed by atoms with van der Waals surface area (Å²) in [7, 11) is 1.45. The summed E-state index contributed by atoms with van der Waals surface area (Å²) < 4.78 is 23.8. The number of nitrogens with one attached hydrogen (secondary N) is 1. The maximum absolute atomic E-state index is 13.4. The van der Waals surface area contributed by atoms with Gasteiger partial charge in [0.05, 0.1) is 25.9 Å². The molecule has 1 saturated heterocycles. The van der Waals surface area contributed by atoms with E-state index in [1.54, 1.807) is 0 Å². The van der Waals surface area contributed by atoms with E-state index >= 15 is 0 Å². The first-order valence-electron chi connectivity index (χ1n) is 7.75. The Morgan fingerprint density at radius 1 is 1.17 bits per heavy atom. The van der Waals surface area contributed by atoms with Crippen molar-refractivity contribution in [2.75, 3.05) is 43.6 Å². The minimum atomic E-state index is -0.483. The highest BCUT2D eigenvalue weighted by Gasteiger charge is 2.15. The number of nitrogens with zero attached hydrogens (tertiary/aromatic N) is 1. The van der Waals surface area contributed by atoms with Crippen molar-refractivity contribution in [2.45, 2.75) is 0 Å². The molecule has 1 aliphatic heterocycles. The van der Waals surface area contributed by atoms with E-state index in [1.165, 1.54) is 19.2 Å². The van der Waals surface area contributed by atoms with Crippen LogP contribution in [-0.4, -0.2) is 39.3 Å². The van der Waals surface area contributed by atoms with Crippen LogP contribution in [-0.2, 0) is 4.74 Å². The van der Waals surface area contributed by atoms with Gasteiger partial charge in [-0.2, -0.15) is 0 Å². The van der Waals surface area contributed by atoms with Crippen LogP contribution in [0.3, 0.4) is 0 Å². The van der Waals surface area contributed by atoms with Crippen LogP contribution in [0.2, 0.25) is 0 Å². The molecule has 1 aliphatic rings. The van der Waals surface area contributed by atoms with E-state index in [0.717, 1.165) is 38.1 Å². The molecule has 0 radical (unpaired) electrons. The predicted octanol–water partition coefficient (Wildman–Crippen LogP) is 2.92. The van der Waals surface area contributed by atoms with E-state index in [0.29, 0.717) is 11.4 Å². The molecule has 24 heavy (non-hydrogen) atoms. The molecule has 1 amide bonds. The normalized spacial score (nSPS) is 14.3. The monoisotopic (exact) mass is 330 g/mol. The molecule has 5 nitrogen and oxygen atoms in total. The Hall–Kier alpha value is -2.60. The van der Waals surface area contributed by atoms with Crippen LogP contribution in [0.25, 0.3) is 0 Å². The maximum Gasteiger partial charge on any atom is 0.259 e. The summed E-state index contributed by atoms with van der Waals surface area (Å²) in [4.78, 5) is 14.6. The zero-order valence-electron chi connectivity index (χ0n) is 13.4. The number of methoxy groups -OCH3 is 1. The number of carbonyl (C=O) groups is 1. The largest absolute Gasteiger partial charge is 0.496 e. The Morgan fingerprint density at radius 3 is 2.54 bits per heavy atom. The van der Waals surface area contributed by atoms with Crippen LogP contribution < -0.4 is 15.0 Å². The Kier molecular flexibility index (Phi) is 4.96. The number of hydrogen-bond acceptors (Lipinski definition) is 4. The molecule has 0 saturated carbocycles. The number of rotatable bonds is 4. The topological polar surface area (TPSA) is 50.8 Å². The summed E-state index contributed by atoms with van der Waals surface area (Å²) in [5.41, 5.74) is 1.89. The third-order valence-corrected chi connectivity index (χ3v) is 3.91. The van der Waals surface area contributed by atoms with Crippen molar-refractivity contribution in [1.82, 2.24) is 0 Å². The maximum atomic E-state index is 13.4. The van der Waals surface area contributed by atoms with E-state index in [-0.39, 0.29) is 5.56 Å². The fourth-order valence-corrected chi connectivity index (χ4v) is 2.63. The molecule has 6 heteroatoms. The molecule has 126 valence electrons. The van der Waals surface area contributed by atoms with Crippen molar-refractivity contribution in [3.63, 3.8) is 0 Å². The average Bonchev–Trinajstić information content (AvgIpc) is 2.63. The number of morpholine rings is 1. The first kappa shape index (κ1) is 16.3. The number of benzene rings is 2. The van der Waals surface area contributed by atoms with Gasteiger partial charge < -0.3 is 19.7 Å². The van der Waals surface area contributed by atoms with Gasteiger partial charge in [-0.05, 0) is 42.5 Å². The number of ether oxygens (including phenoxy) is 2. The smallest absolute Gasteiger partial charge is 0.259 e. The number of anilines is 2. The molecular formula is C18H19FN2O3. The zero-order chi connectivity index (χ0) is 16.9. The van der Waals surface area contributed by atoms with Gasteiger partial charge in [0.2, 0.25) is 0 Å². The highest BCUT2D eigenvalue weighted by molar-refractivity contribution is 6.06. The van der Waals surface area contributed by atoms with Gasteiger partial charge in [0.15, 0.2) is 0 Å². The highest BCUT2D eigenvalue weighted by Crippen LogP contribution is 2.23. The average molecular weight is 330 g/mol. The minimum absolute atomic E-state index is 0.162. The molecular weight excluding hydrogens is 311 g/mol. The van der Waals surface area contributed by atoms with Crippen molar-refractivity contribution in [1.29, 1.82) is 0 Å². The molecule has 1 N–H and O–H groups in total. The highest BCUT2D eigenvalue weighted by atomic mass is 19.1. The number of carbonyl (C=O) groups excluding carboxylic acids is 1. The molecule has 0 atom stereocenters. The fourth-order valence-electron chi connectivity index (χ4n) is 2.63. The van der Waals surface area contributed by atoms with Crippen molar-refractivity contribution < 1.29 is 18.7 Å². The molecule has 0 spiro atoms. The summed E-state index contributed by atoms with van der Waals surface area (Å²) in [5, 5.41) is 2.76. The van der Waals surface area contributed by atoms with Crippen LogP contribution in [0, 0.1) is 5.82 Å². The summed E-state index contributed by atoms with van der Waals surface area (Å²) in [6.07, 6.45) is 0. The van der Waals surface area contributed by atoms with Gasteiger partial charge in [0.1, 0.15) is 11.6 Å². The first-order chi connectivity index (χ1) is 11.7. The number of amides is 1. The Balaban J connectivity index is 1.71. The van der Waals surface area contributed by atoms with Crippen LogP contribution in [0.15, 0.2) is 42.5 Å². The molecule has 3 rings (SSSR count). The molecule has 2 aromatic carbocycles. The lowest BCUT2D eigenvalue weighted by atomic mass is 10.1.